The van der Waals surface area contributed by atoms with Gasteiger partial charge in [0.2, 0.25) is 0 Å². The summed E-state index contributed by atoms with van der Waals surface area (Å²) in [4.78, 5) is 0. The summed E-state index contributed by atoms with van der Waals surface area (Å²) in [5.41, 5.74) is 0. The molecule has 0 unspecified atom stereocenters. The molecule has 0 aliphatic carbocycles. The molecule has 0 amide bonds. The molecule has 0 aromatic rings. The Kier molecular flexibility index (Phi) is 4.61. The molecule has 1 heterocycles. The van der Waals surface area contributed by atoms with Crippen LogP contribution in [0.3, 0.4) is 0 Å². The second kappa shape index (κ2) is 5.19. The van der Waals surface area contributed by atoms with Crippen molar-refractivity contribution >= 4 is 8.32 Å². The van der Waals surface area contributed by atoms with Crippen LogP contribution in [0.4, 0.5) is 0 Å². The average molecular weight is 244 g/mol. The van der Waals surface area contributed by atoms with E-state index in [0.717, 1.165) is 19.1 Å². The van der Waals surface area contributed by atoms with E-state index in [1.54, 1.807) is 0 Å². The van der Waals surface area contributed by atoms with Crippen LogP contribution in [0.25, 0.3) is 0 Å². The zero-order valence-electron chi connectivity index (χ0n) is 11.8. The highest BCUT2D eigenvalue weighted by molar-refractivity contribution is 6.74. The average Bonchev–Trinajstić information content (AvgIpc) is 2.60. The second-order valence-electron chi connectivity index (χ2n) is 6.54. The van der Waals surface area contributed by atoms with Crippen molar-refractivity contribution in [3.63, 3.8) is 0 Å². The van der Waals surface area contributed by atoms with Gasteiger partial charge in [-0.05, 0) is 30.5 Å². The Morgan fingerprint density at radius 2 is 1.94 bits per heavy atom. The summed E-state index contributed by atoms with van der Waals surface area (Å²) in [6, 6.07) is 0. The van der Waals surface area contributed by atoms with Crippen molar-refractivity contribution in [1.82, 2.24) is 0 Å². The van der Waals surface area contributed by atoms with Crippen LogP contribution in [0.1, 0.15) is 40.5 Å². The molecule has 16 heavy (non-hydrogen) atoms. The van der Waals surface area contributed by atoms with Crippen LogP contribution in [0.5, 0.6) is 0 Å². The third-order valence-electron chi connectivity index (χ3n) is 4.18. The van der Waals surface area contributed by atoms with Crippen molar-refractivity contribution in [2.24, 2.45) is 5.92 Å². The summed E-state index contributed by atoms with van der Waals surface area (Å²) >= 11 is 0. The van der Waals surface area contributed by atoms with E-state index in [2.05, 4.69) is 40.8 Å². The van der Waals surface area contributed by atoms with Gasteiger partial charge >= 0.3 is 0 Å². The van der Waals surface area contributed by atoms with Crippen molar-refractivity contribution in [3.8, 4) is 0 Å². The summed E-state index contributed by atoms with van der Waals surface area (Å²) in [6.45, 7) is 15.4. The lowest BCUT2D eigenvalue weighted by molar-refractivity contribution is 0.0609. The van der Waals surface area contributed by atoms with Crippen LogP contribution in [-0.4, -0.2) is 27.6 Å². The van der Waals surface area contributed by atoms with Crippen molar-refractivity contribution in [1.29, 1.82) is 0 Å². The first kappa shape index (κ1) is 14.2. The highest BCUT2D eigenvalue weighted by Crippen LogP contribution is 2.37. The van der Waals surface area contributed by atoms with Gasteiger partial charge in [0, 0.05) is 6.61 Å². The molecule has 0 aromatic heterocycles. The van der Waals surface area contributed by atoms with Gasteiger partial charge in [-0.3, -0.25) is 0 Å². The summed E-state index contributed by atoms with van der Waals surface area (Å²) in [6.07, 6.45) is 2.76. The van der Waals surface area contributed by atoms with E-state index in [4.69, 9.17) is 9.16 Å². The Hall–Kier alpha value is 0.137. The van der Waals surface area contributed by atoms with Crippen LogP contribution >= 0.6 is 0 Å². The van der Waals surface area contributed by atoms with Gasteiger partial charge in [0.1, 0.15) is 0 Å². The molecule has 0 bridgehead atoms. The summed E-state index contributed by atoms with van der Waals surface area (Å²) < 4.78 is 11.9. The van der Waals surface area contributed by atoms with E-state index in [9.17, 15) is 0 Å². The molecule has 1 saturated heterocycles. The highest BCUT2D eigenvalue weighted by Gasteiger charge is 2.38. The third kappa shape index (κ3) is 3.57. The van der Waals surface area contributed by atoms with E-state index in [-0.39, 0.29) is 0 Å². The van der Waals surface area contributed by atoms with Gasteiger partial charge in [0.15, 0.2) is 8.32 Å². The molecule has 3 heteroatoms. The summed E-state index contributed by atoms with van der Waals surface area (Å²) in [5, 5.41) is 0.301. The Balaban J connectivity index is 2.35. The van der Waals surface area contributed by atoms with Gasteiger partial charge in [0.05, 0.1) is 12.7 Å². The lowest BCUT2D eigenvalue weighted by atomic mass is 10.0. The van der Waals surface area contributed by atoms with Crippen LogP contribution < -0.4 is 0 Å². The number of hydrogen-bond donors (Lipinski definition) is 0. The molecule has 0 N–H and O–H groups in total. The minimum absolute atomic E-state index is 0.301. The standard InChI is InChI=1S/C13H28O2Si/c1-7-11-8-12(14-9-11)10-15-16(5,6)13(2,3)4/h11-12H,7-10H2,1-6H3/t11-,12-/m1/s1. The maximum atomic E-state index is 6.18. The lowest BCUT2D eigenvalue weighted by Crippen LogP contribution is -2.42. The SMILES string of the molecule is CC[C@H]1CO[C@@H](CO[Si](C)(C)C(C)(C)C)C1. The molecular weight excluding hydrogens is 216 g/mol. The van der Waals surface area contributed by atoms with E-state index in [0.29, 0.717) is 11.1 Å². The minimum atomic E-state index is -1.58. The largest absolute Gasteiger partial charge is 0.414 e. The topological polar surface area (TPSA) is 18.5 Å². The molecule has 96 valence electrons. The smallest absolute Gasteiger partial charge is 0.192 e. The molecule has 1 fully saturated rings. The van der Waals surface area contributed by atoms with Gasteiger partial charge in [0.25, 0.3) is 0 Å². The fourth-order valence-electron chi connectivity index (χ4n) is 1.70. The van der Waals surface area contributed by atoms with Gasteiger partial charge in [-0.2, -0.15) is 0 Å². The van der Waals surface area contributed by atoms with Gasteiger partial charge < -0.3 is 9.16 Å². The Labute approximate surface area is 102 Å². The molecule has 2 atom stereocenters. The van der Waals surface area contributed by atoms with E-state index < -0.39 is 8.32 Å². The third-order valence-corrected chi connectivity index (χ3v) is 8.68. The molecule has 1 aliphatic heterocycles. The van der Waals surface area contributed by atoms with Crippen molar-refractivity contribution in [2.45, 2.75) is 64.8 Å². The predicted molar refractivity (Wildman–Crippen MR) is 71.3 cm³/mol. The molecule has 0 aromatic carbocycles. The lowest BCUT2D eigenvalue weighted by Gasteiger charge is -2.36. The van der Waals surface area contributed by atoms with E-state index in [1.165, 1.54) is 12.8 Å². The summed E-state index contributed by atoms with van der Waals surface area (Å²) in [7, 11) is -1.58. The second-order valence-corrected chi connectivity index (χ2v) is 11.3. The summed E-state index contributed by atoms with van der Waals surface area (Å²) in [5.74, 6) is 0.757. The quantitative estimate of drug-likeness (QED) is 0.700. The van der Waals surface area contributed by atoms with Crippen molar-refractivity contribution in [3.05, 3.63) is 0 Å². The first-order chi connectivity index (χ1) is 7.26. The molecule has 2 nitrogen and oxygen atoms in total. The monoisotopic (exact) mass is 244 g/mol. The van der Waals surface area contributed by atoms with Crippen LogP contribution in [0, 0.1) is 5.92 Å². The molecular formula is C13H28O2Si. The first-order valence-corrected chi connectivity index (χ1v) is 9.42. The van der Waals surface area contributed by atoms with Crippen molar-refractivity contribution < 1.29 is 9.16 Å². The van der Waals surface area contributed by atoms with Crippen molar-refractivity contribution in [2.75, 3.05) is 13.2 Å². The molecule has 0 radical (unpaired) electrons. The van der Waals surface area contributed by atoms with Gasteiger partial charge in [-0.15, -0.1) is 0 Å². The molecule has 1 aliphatic rings. The molecule has 1 rings (SSSR count). The zero-order chi connectivity index (χ0) is 12.4. The number of hydrogen-bond acceptors (Lipinski definition) is 2. The Morgan fingerprint density at radius 3 is 2.38 bits per heavy atom. The normalized spacial score (nSPS) is 27.4. The number of rotatable bonds is 4. The number of ether oxygens (including phenoxy) is 1. The fraction of sp³-hybridized carbons (Fsp3) is 1.00. The van der Waals surface area contributed by atoms with Crippen LogP contribution in [0.2, 0.25) is 18.1 Å². The maximum Gasteiger partial charge on any atom is 0.192 e. The first-order valence-electron chi connectivity index (χ1n) is 6.52. The molecule has 0 saturated carbocycles. The molecule has 0 spiro atoms. The van der Waals surface area contributed by atoms with Gasteiger partial charge in [-0.25, -0.2) is 0 Å². The Morgan fingerprint density at radius 1 is 1.31 bits per heavy atom. The van der Waals surface area contributed by atoms with Crippen LogP contribution in [0.15, 0.2) is 0 Å². The minimum Gasteiger partial charge on any atom is -0.414 e. The van der Waals surface area contributed by atoms with E-state index in [1.807, 2.05) is 0 Å². The fourth-order valence-corrected chi connectivity index (χ4v) is 2.73. The maximum absolute atomic E-state index is 6.18. The van der Waals surface area contributed by atoms with Gasteiger partial charge in [-0.1, -0.05) is 34.1 Å². The predicted octanol–water partition coefficient (Wildman–Crippen LogP) is 3.82. The van der Waals surface area contributed by atoms with E-state index >= 15 is 0 Å². The Bertz CT molecular complexity index is 220. The highest BCUT2D eigenvalue weighted by atomic mass is 28.4. The zero-order valence-corrected chi connectivity index (χ0v) is 12.8. The van der Waals surface area contributed by atoms with Crippen LogP contribution in [-0.2, 0) is 9.16 Å².